The van der Waals surface area contributed by atoms with Crippen LogP contribution in [0.2, 0.25) is 0 Å². The molecule has 0 amide bonds. The molecule has 0 radical (unpaired) electrons. The maximum Gasteiger partial charge on any atom is 0.191 e. The van der Waals surface area contributed by atoms with Crippen LogP contribution >= 0.6 is 24.0 Å². The van der Waals surface area contributed by atoms with E-state index < -0.39 is 0 Å². The summed E-state index contributed by atoms with van der Waals surface area (Å²) < 4.78 is 13.3. The van der Waals surface area contributed by atoms with Gasteiger partial charge in [-0.25, -0.2) is 4.39 Å². The largest absolute Gasteiger partial charge is 0.396 e. The molecule has 0 heterocycles. The quantitative estimate of drug-likeness (QED) is 0.263. The topological polar surface area (TPSA) is 59.9 Å². The molecule has 0 aliphatic heterocycles. The Morgan fingerprint density at radius 1 is 1.17 bits per heavy atom. The normalized spacial score (nSPS) is 17.5. The second-order valence-corrected chi connectivity index (χ2v) is 8.14. The van der Waals surface area contributed by atoms with Gasteiger partial charge in [0, 0.05) is 26.2 Å². The Morgan fingerprint density at radius 2 is 1.83 bits per heavy atom. The third kappa shape index (κ3) is 8.38. The molecule has 0 spiro atoms. The molecule has 0 aromatic heterocycles. The molecule has 166 valence electrons. The van der Waals surface area contributed by atoms with Gasteiger partial charge in [0.05, 0.1) is 6.04 Å². The third-order valence-corrected chi connectivity index (χ3v) is 5.81. The number of aliphatic hydroxyl groups excluding tert-OH is 1. The lowest BCUT2D eigenvalue weighted by molar-refractivity contribution is 0.137. The first-order valence-corrected chi connectivity index (χ1v) is 10.5. The van der Waals surface area contributed by atoms with Gasteiger partial charge in [0.25, 0.3) is 0 Å². The van der Waals surface area contributed by atoms with Crippen molar-refractivity contribution in [2.24, 2.45) is 10.4 Å². The number of nitrogens with one attached hydrogen (secondary N) is 2. The Hall–Kier alpha value is -0.930. The van der Waals surface area contributed by atoms with E-state index in [0.29, 0.717) is 6.54 Å². The smallest absolute Gasteiger partial charge is 0.191 e. The highest BCUT2D eigenvalue weighted by molar-refractivity contribution is 14.0. The van der Waals surface area contributed by atoms with Gasteiger partial charge in [-0.1, -0.05) is 31.4 Å². The number of aliphatic imine (C=N–C) groups is 1. The number of benzene rings is 1. The van der Waals surface area contributed by atoms with Gasteiger partial charge in [-0.3, -0.25) is 4.99 Å². The van der Waals surface area contributed by atoms with Gasteiger partial charge >= 0.3 is 0 Å². The van der Waals surface area contributed by atoms with Crippen LogP contribution in [0.5, 0.6) is 0 Å². The van der Waals surface area contributed by atoms with E-state index in [1.807, 2.05) is 26.2 Å². The molecule has 1 aliphatic rings. The van der Waals surface area contributed by atoms with Gasteiger partial charge in [-0.15, -0.1) is 24.0 Å². The highest BCUT2D eigenvalue weighted by Gasteiger charge is 2.31. The Kier molecular flexibility index (Phi) is 12.1. The number of halogens is 2. The number of nitrogens with zero attached hydrogens (tertiary/aromatic N) is 2. The molecule has 2 rings (SSSR count). The third-order valence-electron chi connectivity index (χ3n) is 5.81. The van der Waals surface area contributed by atoms with Crippen LogP contribution in [0, 0.1) is 11.2 Å². The van der Waals surface area contributed by atoms with Crippen molar-refractivity contribution < 1.29 is 9.50 Å². The Labute approximate surface area is 192 Å². The molecule has 0 bridgehead atoms. The summed E-state index contributed by atoms with van der Waals surface area (Å²) in [5.41, 5.74) is 1.20. The Balaban J connectivity index is 0.00000420. The number of aliphatic hydroxyl groups is 1. The highest BCUT2D eigenvalue weighted by atomic mass is 127. The molecule has 0 saturated heterocycles. The minimum absolute atomic E-state index is 0. The van der Waals surface area contributed by atoms with Gasteiger partial charge in [0.2, 0.25) is 0 Å². The SMILES string of the molecule is CCNC(=NCC1(CCO)CCCCC1)NCC(c1ccc(F)cc1)N(C)C.I. The molecule has 1 saturated carbocycles. The summed E-state index contributed by atoms with van der Waals surface area (Å²) in [7, 11) is 4.05. The van der Waals surface area contributed by atoms with Crippen LogP contribution < -0.4 is 10.6 Å². The summed E-state index contributed by atoms with van der Waals surface area (Å²) in [6.45, 7) is 4.50. The second kappa shape index (κ2) is 13.4. The van der Waals surface area contributed by atoms with Crippen molar-refractivity contribution in [3.63, 3.8) is 0 Å². The van der Waals surface area contributed by atoms with E-state index in [4.69, 9.17) is 4.99 Å². The molecule has 3 N–H and O–H groups in total. The van der Waals surface area contributed by atoms with Gasteiger partial charge in [-0.05, 0) is 63.4 Å². The number of likely N-dealkylation sites (N-methyl/N-ethyl adjacent to an activating group) is 1. The van der Waals surface area contributed by atoms with Crippen LogP contribution in [0.1, 0.15) is 57.1 Å². The molecule has 1 unspecified atom stereocenters. The monoisotopic (exact) mass is 520 g/mol. The average Bonchev–Trinajstić information content (AvgIpc) is 2.68. The van der Waals surface area contributed by atoms with Crippen molar-refractivity contribution in [3.05, 3.63) is 35.6 Å². The number of hydrogen-bond donors (Lipinski definition) is 3. The van der Waals surface area contributed by atoms with Gasteiger partial charge in [-0.2, -0.15) is 0 Å². The zero-order valence-corrected chi connectivity index (χ0v) is 20.4. The molecule has 29 heavy (non-hydrogen) atoms. The lowest BCUT2D eigenvalue weighted by Crippen LogP contribution is -2.42. The van der Waals surface area contributed by atoms with E-state index in [-0.39, 0.29) is 47.9 Å². The van der Waals surface area contributed by atoms with E-state index >= 15 is 0 Å². The molecule has 1 aliphatic carbocycles. The Morgan fingerprint density at radius 3 is 2.38 bits per heavy atom. The van der Waals surface area contributed by atoms with Gasteiger partial charge in [0.15, 0.2) is 5.96 Å². The van der Waals surface area contributed by atoms with Crippen molar-refractivity contribution >= 4 is 29.9 Å². The van der Waals surface area contributed by atoms with Crippen molar-refractivity contribution in [2.75, 3.05) is 40.3 Å². The van der Waals surface area contributed by atoms with E-state index in [9.17, 15) is 9.50 Å². The first-order valence-electron chi connectivity index (χ1n) is 10.5. The van der Waals surface area contributed by atoms with Gasteiger partial charge in [0.1, 0.15) is 5.82 Å². The molecule has 7 heteroatoms. The highest BCUT2D eigenvalue weighted by Crippen LogP contribution is 2.39. The zero-order chi connectivity index (χ0) is 20.4. The molecule has 1 atom stereocenters. The van der Waals surface area contributed by atoms with Crippen LogP contribution in [-0.4, -0.2) is 56.3 Å². The van der Waals surface area contributed by atoms with E-state index in [0.717, 1.165) is 43.9 Å². The van der Waals surface area contributed by atoms with Crippen LogP contribution in [0.3, 0.4) is 0 Å². The molecule has 1 fully saturated rings. The lowest BCUT2D eigenvalue weighted by Gasteiger charge is -2.36. The van der Waals surface area contributed by atoms with Crippen LogP contribution in [0.4, 0.5) is 4.39 Å². The first-order chi connectivity index (χ1) is 13.5. The fourth-order valence-electron chi connectivity index (χ4n) is 4.09. The van der Waals surface area contributed by atoms with Crippen molar-refractivity contribution in [3.8, 4) is 0 Å². The van der Waals surface area contributed by atoms with Crippen LogP contribution in [0.15, 0.2) is 29.3 Å². The average molecular weight is 520 g/mol. The fraction of sp³-hybridized carbons (Fsp3) is 0.682. The number of rotatable bonds is 9. The summed E-state index contributed by atoms with van der Waals surface area (Å²) in [5, 5.41) is 16.3. The summed E-state index contributed by atoms with van der Waals surface area (Å²) in [6, 6.07) is 6.80. The molecule has 1 aromatic carbocycles. The summed E-state index contributed by atoms with van der Waals surface area (Å²) in [6.07, 6.45) is 6.86. The number of guanidine groups is 1. The maximum absolute atomic E-state index is 13.3. The standard InChI is InChI=1S/C22H37FN4O.HI/c1-4-24-21(26-17-22(14-15-28)12-6-5-7-13-22)25-16-20(27(2)3)18-8-10-19(23)11-9-18;/h8-11,20,28H,4-7,12-17H2,1-3H3,(H2,24,25,26);1H. The van der Waals surface area contributed by atoms with Crippen LogP contribution in [-0.2, 0) is 0 Å². The summed E-state index contributed by atoms with van der Waals surface area (Å²) in [4.78, 5) is 7.00. The molecular weight excluding hydrogens is 482 g/mol. The Bertz CT molecular complexity index is 598. The molecular formula is C22H38FIN4O. The first kappa shape index (κ1) is 26.1. The van der Waals surface area contributed by atoms with Crippen LogP contribution in [0.25, 0.3) is 0 Å². The molecule has 5 nitrogen and oxygen atoms in total. The van der Waals surface area contributed by atoms with Crippen molar-refractivity contribution in [2.45, 2.75) is 51.5 Å². The lowest BCUT2D eigenvalue weighted by atomic mass is 9.72. The van der Waals surface area contributed by atoms with Crippen molar-refractivity contribution in [1.82, 2.24) is 15.5 Å². The second-order valence-electron chi connectivity index (χ2n) is 8.14. The minimum Gasteiger partial charge on any atom is -0.396 e. The van der Waals surface area contributed by atoms with Crippen molar-refractivity contribution in [1.29, 1.82) is 0 Å². The molecule has 1 aromatic rings. The summed E-state index contributed by atoms with van der Waals surface area (Å²) >= 11 is 0. The fourth-order valence-corrected chi connectivity index (χ4v) is 4.09. The predicted molar refractivity (Wildman–Crippen MR) is 129 cm³/mol. The van der Waals surface area contributed by atoms with E-state index in [2.05, 4.69) is 22.5 Å². The summed E-state index contributed by atoms with van der Waals surface area (Å²) in [5.74, 6) is 0.588. The number of hydrogen-bond acceptors (Lipinski definition) is 3. The predicted octanol–water partition coefficient (Wildman–Crippen LogP) is 3.93. The van der Waals surface area contributed by atoms with E-state index in [1.165, 1.54) is 31.4 Å². The van der Waals surface area contributed by atoms with Gasteiger partial charge < -0.3 is 20.6 Å². The zero-order valence-electron chi connectivity index (χ0n) is 18.1. The minimum atomic E-state index is -0.217. The van der Waals surface area contributed by atoms with E-state index in [1.54, 1.807) is 0 Å². The maximum atomic E-state index is 13.3.